The van der Waals surface area contributed by atoms with Gasteiger partial charge in [-0.1, -0.05) is 6.07 Å². The monoisotopic (exact) mass is 261 g/mol. The summed E-state index contributed by atoms with van der Waals surface area (Å²) >= 11 is 0. The number of hydrogen-bond donors (Lipinski definition) is 1. The fraction of sp³-hybridized carbons (Fsp3) is 0.429. The molecular formula is C14H19N3O2. The zero-order valence-electron chi connectivity index (χ0n) is 11.3. The Kier molecular flexibility index (Phi) is 3.74. The van der Waals surface area contributed by atoms with Crippen LogP contribution in [0.3, 0.4) is 0 Å². The second-order valence-corrected chi connectivity index (χ2v) is 5.00. The molecule has 2 N–H and O–H groups in total. The number of hydrogen-bond acceptors (Lipinski definition) is 3. The first kappa shape index (κ1) is 13.4. The smallest absolute Gasteiger partial charge is 0.331 e. The van der Waals surface area contributed by atoms with E-state index in [2.05, 4.69) is 0 Å². The predicted molar refractivity (Wildman–Crippen MR) is 74.8 cm³/mol. The highest BCUT2D eigenvalue weighted by Gasteiger charge is 2.32. The molecule has 0 saturated carbocycles. The number of amides is 3. The molecule has 0 unspecified atom stereocenters. The highest BCUT2D eigenvalue weighted by molar-refractivity contribution is 6.14. The first-order valence-electron chi connectivity index (χ1n) is 6.50. The summed E-state index contributed by atoms with van der Waals surface area (Å²) in [6.07, 6.45) is 1.07. The molecule has 1 aromatic carbocycles. The predicted octanol–water partition coefficient (Wildman–Crippen LogP) is 2.23. The van der Waals surface area contributed by atoms with Crippen molar-refractivity contribution in [1.82, 2.24) is 4.90 Å². The molecule has 1 heterocycles. The zero-order valence-corrected chi connectivity index (χ0v) is 11.3. The molecule has 19 heavy (non-hydrogen) atoms. The summed E-state index contributed by atoms with van der Waals surface area (Å²) in [6.45, 7) is 4.51. The van der Waals surface area contributed by atoms with E-state index in [1.807, 2.05) is 13.8 Å². The van der Waals surface area contributed by atoms with E-state index in [1.165, 1.54) is 4.90 Å². The van der Waals surface area contributed by atoms with Gasteiger partial charge in [0.1, 0.15) is 0 Å². The van der Waals surface area contributed by atoms with Crippen LogP contribution in [0, 0.1) is 0 Å². The summed E-state index contributed by atoms with van der Waals surface area (Å²) in [4.78, 5) is 27.6. The molecule has 0 atom stereocenters. The molecule has 0 spiro atoms. The van der Waals surface area contributed by atoms with E-state index in [4.69, 9.17) is 5.73 Å². The van der Waals surface area contributed by atoms with Crippen LogP contribution in [0.15, 0.2) is 24.3 Å². The third-order valence-electron chi connectivity index (χ3n) is 3.23. The summed E-state index contributed by atoms with van der Waals surface area (Å²) < 4.78 is 0. The van der Waals surface area contributed by atoms with Gasteiger partial charge < -0.3 is 10.6 Å². The minimum absolute atomic E-state index is 0.0713. The van der Waals surface area contributed by atoms with Gasteiger partial charge in [0.2, 0.25) is 5.91 Å². The minimum atomic E-state index is -0.261. The topological polar surface area (TPSA) is 66.6 Å². The average molecular weight is 261 g/mol. The molecule has 3 amide bonds. The van der Waals surface area contributed by atoms with Crippen molar-refractivity contribution in [3.05, 3.63) is 24.3 Å². The molecule has 0 aliphatic carbocycles. The maximum absolute atomic E-state index is 12.5. The molecule has 1 aliphatic heterocycles. The second kappa shape index (κ2) is 5.30. The highest BCUT2D eigenvalue weighted by atomic mass is 16.2. The lowest BCUT2D eigenvalue weighted by Gasteiger charge is -2.29. The van der Waals surface area contributed by atoms with Gasteiger partial charge in [0.05, 0.1) is 5.69 Å². The highest BCUT2D eigenvalue weighted by Crippen LogP contribution is 2.23. The molecule has 102 valence electrons. The first-order valence-corrected chi connectivity index (χ1v) is 6.50. The Balaban J connectivity index is 2.39. The first-order chi connectivity index (χ1) is 9.00. The molecule has 2 rings (SSSR count). The summed E-state index contributed by atoms with van der Waals surface area (Å²) in [6, 6.07) is 6.67. The number of nitrogen functional groups attached to an aromatic ring is 1. The van der Waals surface area contributed by atoms with E-state index < -0.39 is 0 Å². The van der Waals surface area contributed by atoms with E-state index in [1.54, 1.807) is 29.2 Å². The quantitative estimate of drug-likeness (QED) is 0.830. The normalized spacial score (nSPS) is 17.0. The number of rotatable bonds is 2. The number of urea groups is 1. The number of benzene rings is 1. The van der Waals surface area contributed by atoms with Gasteiger partial charge in [0.15, 0.2) is 0 Å². The van der Waals surface area contributed by atoms with Gasteiger partial charge in [-0.15, -0.1) is 0 Å². The van der Waals surface area contributed by atoms with Crippen molar-refractivity contribution < 1.29 is 9.59 Å². The maximum atomic E-state index is 12.5. The molecule has 1 aromatic rings. The Labute approximate surface area is 113 Å². The zero-order chi connectivity index (χ0) is 14.0. The number of anilines is 2. The fourth-order valence-electron chi connectivity index (χ4n) is 2.24. The summed E-state index contributed by atoms with van der Waals surface area (Å²) in [5.74, 6) is -0.168. The lowest BCUT2D eigenvalue weighted by atomic mass is 10.2. The Morgan fingerprint density at radius 3 is 2.63 bits per heavy atom. The molecule has 1 saturated heterocycles. The van der Waals surface area contributed by atoms with E-state index in [0.717, 1.165) is 0 Å². The van der Waals surface area contributed by atoms with Gasteiger partial charge in [-0.25, -0.2) is 9.69 Å². The summed E-state index contributed by atoms with van der Waals surface area (Å²) in [5, 5.41) is 0. The Morgan fingerprint density at radius 1 is 1.26 bits per heavy atom. The van der Waals surface area contributed by atoms with Crippen LogP contribution in [0.5, 0.6) is 0 Å². The van der Waals surface area contributed by atoms with Crippen molar-refractivity contribution in [3.8, 4) is 0 Å². The van der Waals surface area contributed by atoms with Crippen molar-refractivity contribution in [2.24, 2.45) is 0 Å². The van der Waals surface area contributed by atoms with E-state index in [-0.39, 0.29) is 18.0 Å². The number of nitrogens with two attached hydrogens (primary N) is 1. The largest absolute Gasteiger partial charge is 0.399 e. The molecule has 5 nitrogen and oxygen atoms in total. The van der Waals surface area contributed by atoms with Crippen LogP contribution in [0.25, 0.3) is 0 Å². The van der Waals surface area contributed by atoms with Crippen LogP contribution in [0.4, 0.5) is 16.2 Å². The van der Waals surface area contributed by atoms with Crippen LogP contribution in [-0.2, 0) is 4.79 Å². The van der Waals surface area contributed by atoms with Crippen molar-refractivity contribution in [1.29, 1.82) is 0 Å². The van der Waals surface area contributed by atoms with Gasteiger partial charge >= 0.3 is 6.03 Å². The van der Waals surface area contributed by atoms with Gasteiger partial charge in [-0.2, -0.15) is 0 Å². The van der Waals surface area contributed by atoms with Crippen molar-refractivity contribution in [2.75, 3.05) is 17.2 Å². The standard InChI is InChI=1S/C14H19N3O2/c1-10(2)16-8-4-7-13(18)17(14(16)19)12-6-3-5-11(15)9-12/h3,5-6,9-10H,4,7-8,15H2,1-2H3. The number of imide groups is 1. The van der Waals surface area contributed by atoms with Crippen molar-refractivity contribution in [3.63, 3.8) is 0 Å². The van der Waals surface area contributed by atoms with Crippen molar-refractivity contribution >= 4 is 23.3 Å². The Bertz CT molecular complexity index is 499. The van der Waals surface area contributed by atoms with E-state index in [0.29, 0.717) is 30.8 Å². The summed E-state index contributed by atoms with van der Waals surface area (Å²) in [7, 11) is 0. The lowest BCUT2D eigenvalue weighted by molar-refractivity contribution is -0.117. The Morgan fingerprint density at radius 2 is 2.00 bits per heavy atom. The van der Waals surface area contributed by atoms with Crippen LogP contribution in [0.2, 0.25) is 0 Å². The van der Waals surface area contributed by atoms with Crippen LogP contribution >= 0.6 is 0 Å². The number of carbonyl (C=O) groups is 2. The fourth-order valence-corrected chi connectivity index (χ4v) is 2.24. The Hall–Kier alpha value is -2.04. The number of nitrogens with zero attached hydrogens (tertiary/aromatic N) is 2. The van der Waals surface area contributed by atoms with Gasteiger partial charge in [0.25, 0.3) is 0 Å². The van der Waals surface area contributed by atoms with Crippen LogP contribution < -0.4 is 10.6 Å². The molecule has 0 bridgehead atoms. The second-order valence-electron chi connectivity index (χ2n) is 5.00. The molecule has 0 aromatic heterocycles. The van der Waals surface area contributed by atoms with Gasteiger partial charge in [0, 0.05) is 24.7 Å². The third kappa shape index (κ3) is 2.70. The van der Waals surface area contributed by atoms with Gasteiger partial charge in [-0.05, 0) is 38.5 Å². The van der Waals surface area contributed by atoms with Gasteiger partial charge in [-0.3, -0.25) is 4.79 Å². The molecule has 1 fully saturated rings. The lowest BCUT2D eigenvalue weighted by Crippen LogP contribution is -2.47. The minimum Gasteiger partial charge on any atom is -0.399 e. The van der Waals surface area contributed by atoms with Crippen molar-refractivity contribution in [2.45, 2.75) is 32.7 Å². The maximum Gasteiger partial charge on any atom is 0.331 e. The van der Waals surface area contributed by atoms with Crippen LogP contribution in [0.1, 0.15) is 26.7 Å². The third-order valence-corrected chi connectivity index (χ3v) is 3.23. The van der Waals surface area contributed by atoms with E-state index in [9.17, 15) is 9.59 Å². The molecule has 0 radical (unpaired) electrons. The van der Waals surface area contributed by atoms with E-state index >= 15 is 0 Å². The average Bonchev–Trinajstić information content (AvgIpc) is 2.48. The van der Waals surface area contributed by atoms with Crippen LogP contribution in [-0.4, -0.2) is 29.4 Å². The molecule has 1 aliphatic rings. The summed E-state index contributed by atoms with van der Waals surface area (Å²) in [5.41, 5.74) is 6.81. The SMILES string of the molecule is CC(C)N1CCCC(=O)N(c2cccc(N)c2)C1=O. The molecule has 5 heteroatoms. The molecular weight excluding hydrogens is 242 g/mol. The number of carbonyl (C=O) groups excluding carboxylic acids is 2.